The topological polar surface area (TPSA) is 80.3 Å². The van der Waals surface area contributed by atoms with Crippen LogP contribution in [-0.4, -0.2) is 58.9 Å². The minimum Gasteiger partial charge on any atom is -0.381 e. The zero-order chi connectivity index (χ0) is 15.7. The van der Waals surface area contributed by atoms with Crippen molar-refractivity contribution in [3.8, 4) is 0 Å². The summed E-state index contributed by atoms with van der Waals surface area (Å²) in [4.78, 5) is 18.9. The number of hydrogen-bond donors (Lipinski definition) is 1. The highest BCUT2D eigenvalue weighted by molar-refractivity contribution is 5.79. The number of nitrogens with one attached hydrogen (secondary N) is 1. The molecule has 22 heavy (non-hydrogen) atoms. The molecule has 7 nitrogen and oxygen atoms in total. The predicted octanol–water partition coefficient (Wildman–Crippen LogP) is 1.04. The molecule has 1 aromatic heterocycles. The molecule has 2 atom stereocenters. The molecule has 3 heterocycles. The van der Waals surface area contributed by atoms with Gasteiger partial charge in [0, 0.05) is 18.6 Å². The summed E-state index contributed by atoms with van der Waals surface area (Å²) in [6.45, 7) is 9.10. The third-order valence-corrected chi connectivity index (χ3v) is 4.14. The van der Waals surface area contributed by atoms with E-state index in [9.17, 15) is 4.79 Å². The van der Waals surface area contributed by atoms with Crippen molar-refractivity contribution >= 4 is 5.91 Å². The van der Waals surface area contributed by atoms with Crippen LogP contribution in [0.5, 0.6) is 0 Å². The number of aromatic amines is 1. The standard InChI is InChI=1S/C15H24N4O3/c1-15(2,3)14-16-12(17-18-14)11-8-19(5-7-22-11)13(20)10-4-6-21-9-10/h10-11H,4-9H2,1-3H3,(H,16,17,18)/t10-,11+/m0/s1. The number of rotatable bonds is 2. The number of ether oxygens (including phenoxy) is 2. The Morgan fingerprint density at radius 1 is 1.36 bits per heavy atom. The van der Waals surface area contributed by atoms with Gasteiger partial charge in [0.25, 0.3) is 0 Å². The van der Waals surface area contributed by atoms with Crippen molar-refractivity contribution in [2.75, 3.05) is 32.9 Å². The summed E-state index contributed by atoms with van der Waals surface area (Å²) in [5.74, 6) is 1.63. The molecule has 0 spiro atoms. The second kappa shape index (κ2) is 5.96. The lowest BCUT2D eigenvalue weighted by molar-refractivity contribution is -0.143. The lowest BCUT2D eigenvalue weighted by atomic mass is 9.96. The van der Waals surface area contributed by atoms with Crippen molar-refractivity contribution in [3.05, 3.63) is 11.6 Å². The largest absolute Gasteiger partial charge is 0.381 e. The van der Waals surface area contributed by atoms with Gasteiger partial charge in [-0.3, -0.25) is 9.89 Å². The first kappa shape index (κ1) is 15.4. The van der Waals surface area contributed by atoms with Crippen LogP contribution in [0.1, 0.15) is 44.9 Å². The molecular weight excluding hydrogens is 284 g/mol. The lowest BCUT2D eigenvalue weighted by Gasteiger charge is -2.33. The van der Waals surface area contributed by atoms with Crippen LogP contribution in [-0.2, 0) is 19.7 Å². The number of morpholine rings is 1. The summed E-state index contributed by atoms with van der Waals surface area (Å²) < 4.78 is 11.1. The van der Waals surface area contributed by atoms with Crippen LogP contribution in [0.4, 0.5) is 0 Å². The Morgan fingerprint density at radius 3 is 2.82 bits per heavy atom. The van der Waals surface area contributed by atoms with Crippen LogP contribution in [0.2, 0.25) is 0 Å². The highest BCUT2D eigenvalue weighted by Crippen LogP contribution is 2.25. The number of carbonyl (C=O) groups excluding carboxylic acids is 1. The molecule has 0 bridgehead atoms. The summed E-state index contributed by atoms with van der Waals surface area (Å²) in [6, 6.07) is 0. The molecule has 2 saturated heterocycles. The molecule has 0 saturated carbocycles. The van der Waals surface area contributed by atoms with Crippen LogP contribution >= 0.6 is 0 Å². The van der Waals surface area contributed by atoms with Crippen LogP contribution in [0.3, 0.4) is 0 Å². The number of aromatic nitrogens is 3. The normalized spacial score (nSPS) is 26.4. The summed E-state index contributed by atoms with van der Waals surface area (Å²) in [7, 11) is 0. The van der Waals surface area contributed by atoms with E-state index in [0.29, 0.717) is 38.7 Å². The maximum absolute atomic E-state index is 12.5. The first-order chi connectivity index (χ1) is 10.4. The number of carbonyl (C=O) groups is 1. The van der Waals surface area contributed by atoms with Crippen LogP contribution < -0.4 is 0 Å². The Kier molecular flexibility index (Phi) is 4.18. The average Bonchev–Trinajstić information content (AvgIpc) is 3.17. The zero-order valence-electron chi connectivity index (χ0n) is 13.5. The van der Waals surface area contributed by atoms with E-state index in [0.717, 1.165) is 12.2 Å². The molecule has 122 valence electrons. The molecule has 0 radical (unpaired) electrons. The predicted molar refractivity (Wildman–Crippen MR) is 79.3 cm³/mol. The van der Waals surface area contributed by atoms with Gasteiger partial charge in [0.1, 0.15) is 6.10 Å². The van der Waals surface area contributed by atoms with Gasteiger partial charge in [-0.25, -0.2) is 4.98 Å². The second-order valence-electron chi connectivity index (χ2n) is 7.00. The fourth-order valence-corrected chi connectivity index (χ4v) is 2.76. The van der Waals surface area contributed by atoms with Gasteiger partial charge in [-0.1, -0.05) is 20.8 Å². The van der Waals surface area contributed by atoms with Gasteiger partial charge in [0.05, 0.1) is 25.7 Å². The number of H-pyrrole nitrogens is 1. The minimum absolute atomic E-state index is 0.00129. The van der Waals surface area contributed by atoms with Crippen LogP contribution in [0.15, 0.2) is 0 Å². The minimum atomic E-state index is -0.233. The molecule has 2 aliphatic rings. The van der Waals surface area contributed by atoms with Crippen LogP contribution in [0, 0.1) is 5.92 Å². The summed E-state index contributed by atoms with van der Waals surface area (Å²) >= 11 is 0. The van der Waals surface area contributed by atoms with Gasteiger partial charge in [-0.2, -0.15) is 5.10 Å². The second-order valence-corrected chi connectivity index (χ2v) is 7.00. The number of hydrogen-bond acceptors (Lipinski definition) is 5. The highest BCUT2D eigenvalue weighted by atomic mass is 16.5. The smallest absolute Gasteiger partial charge is 0.228 e. The zero-order valence-corrected chi connectivity index (χ0v) is 13.5. The molecule has 1 amide bonds. The van der Waals surface area contributed by atoms with Crippen molar-refractivity contribution in [1.82, 2.24) is 20.1 Å². The van der Waals surface area contributed by atoms with Gasteiger partial charge in [-0.05, 0) is 6.42 Å². The maximum Gasteiger partial charge on any atom is 0.228 e. The van der Waals surface area contributed by atoms with E-state index >= 15 is 0 Å². The number of amides is 1. The van der Waals surface area contributed by atoms with Gasteiger partial charge in [0.15, 0.2) is 11.6 Å². The van der Waals surface area contributed by atoms with E-state index < -0.39 is 0 Å². The third kappa shape index (κ3) is 3.15. The first-order valence-electron chi connectivity index (χ1n) is 7.86. The molecule has 1 N–H and O–H groups in total. The van der Waals surface area contributed by atoms with E-state index in [1.807, 2.05) is 4.90 Å². The van der Waals surface area contributed by atoms with Gasteiger partial charge in [0.2, 0.25) is 5.91 Å². The summed E-state index contributed by atoms with van der Waals surface area (Å²) in [5.41, 5.74) is -0.111. The van der Waals surface area contributed by atoms with Crippen molar-refractivity contribution < 1.29 is 14.3 Å². The Labute approximate surface area is 130 Å². The maximum atomic E-state index is 12.5. The lowest BCUT2D eigenvalue weighted by Crippen LogP contribution is -2.45. The monoisotopic (exact) mass is 308 g/mol. The molecule has 2 aliphatic heterocycles. The van der Waals surface area contributed by atoms with Crippen molar-refractivity contribution in [3.63, 3.8) is 0 Å². The Hall–Kier alpha value is -1.47. The Morgan fingerprint density at radius 2 is 2.18 bits per heavy atom. The van der Waals surface area contributed by atoms with Gasteiger partial charge in [-0.15, -0.1) is 0 Å². The Balaban J connectivity index is 1.67. The summed E-state index contributed by atoms with van der Waals surface area (Å²) in [6.07, 6.45) is 0.584. The van der Waals surface area contributed by atoms with Gasteiger partial charge < -0.3 is 14.4 Å². The average molecular weight is 308 g/mol. The molecular formula is C15H24N4O3. The SMILES string of the molecule is CC(C)(C)c1n[nH]c([C@H]2CN(C(=O)[C@H]3CCOC3)CCO2)n1. The van der Waals surface area contributed by atoms with Crippen LogP contribution in [0.25, 0.3) is 0 Å². The van der Waals surface area contributed by atoms with E-state index in [2.05, 4.69) is 36.0 Å². The van der Waals surface area contributed by atoms with Crippen molar-refractivity contribution in [1.29, 1.82) is 0 Å². The van der Waals surface area contributed by atoms with E-state index in [1.54, 1.807) is 0 Å². The number of nitrogens with zero attached hydrogens (tertiary/aromatic N) is 3. The van der Waals surface area contributed by atoms with E-state index in [4.69, 9.17) is 9.47 Å². The fraction of sp³-hybridized carbons (Fsp3) is 0.800. The van der Waals surface area contributed by atoms with Crippen molar-refractivity contribution in [2.45, 2.75) is 38.7 Å². The quantitative estimate of drug-likeness (QED) is 0.883. The third-order valence-electron chi connectivity index (χ3n) is 4.14. The fourth-order valence-electron chi connectivity index (χ4n) is 2.76. The van der Waals surface area contributed by atoms with E-state index in [1.165, 1.54) is 0 Å². The molecule has 0 aromatic carbocycles. The molecule has 2 fully saturated rings. The van der Waals surface area contributed by atoms with E-state index in [-0.39, 0.29) is 23.3 Å². The molecule has 1 aromatic rings. The molecule has 0 unspecified atom stereocenters. The van der Waals surface area contributed by atoms with Crippen molar-refractivity contribution in [2.24, 2.45) is 5.92 Å². The molecule has 7 heteroatoms. The Bertz CT molecular complexity index is 531. The van der Waals surface area contributed by atoms with Gasteiger partial charge >= 0.3 is 0 Å². The highest BCUT2D eigenvalue weighted by Gasteiger charge is 2.33. The first-order valence-corrected chi connectivity index (χ1v) is 7.86. The molecule has 3 rings (SSSR count). The molecule has 0 aliphatic carbocycles. The summed E-state index contributed by atoms with van der Waals surface area (Å²) in [5, 5.41) is 7.23.